The van der Waals surface area contributed by atoms with Crippen LogP contribution in [0.15, 0.2) is 17.8 Å². The minimum atomic E-state index is -2.17. The Labute approximate surface area is 134 Å². The van der Waals surface area contributed by atoms with Gasteiger partial charge in [-0.15, -0.1) is 0 Å². The van der Waals surface area contributed by atoms with E-state index in [-0.39, 0.29) is 19.3 Å². The average Bonchev–Trinajstić information content (AvgIpc) is 2.56. The summed E-state index contributed by atoms with van der Waals surface area (Å²) in [6, 6.07) is -0.424. The van der Waals surface area contributed by atoms with Crippen LogP contribution in [0.4, 0.5) is 17.6 Å². The Hall–Kier alpha value is -2.42. The van der Waals surface area contributed by atoms with Crippen molar-refractivity contribution in [2.75, 3.05) is 13.2 Å². The number of ether oxygens (including phenoxy) is 1. The molecule has 0 amide bonds. The van der Waals surface area contributed by atoms with Gasteiger partial charge in [0.15, 0.2) is 23.3 Å². The summed E-state index contributed by atoms with van der Waals surface area (Å²) in [4.78, 5) is 24.0. The van der Waals surface area contributed by atoms with Crippen LogP contribution >= 0.6 is 0 Å². The van der Waals surface area contributed by atoms with E-state index in [0.29, 0.717) is 0 Å². The number of hydrogen-bond acceptors (Lipinski definition) is 5. The average molecular weight is 349 g/mol. The van der Waals surface area contributed by atoms with Crippen LogP contribution < -0.4 is 5.32 Å². The van der Waals surface area contributed by atoms with Crippen molar-refractivity contribution in [1.29, 1.82) is 0 Å². The van der Waals surface area contributed by atoms with E-state index in [1.54, 1.807) is 0 Å². The zero-order valence-electron chi connectivity index (χ0n) is 12.8. The molecule has 0 saturated carbocycles. The van der Waals surface area contributed by atoms with Crippen molar-refractivity contribution >= 4 is 11.8 Å². The number of aliphatic hydroxyl groups is 1. The summed E-state index contributed by atoms with van der Waals surface area (Å²) in [6.45, 7) is 2.48. The van der Waals surface area contributed by atoms with Crippen molar-refractivity contribution in [3.63, 3.8) is 0 Å². The summed E-state index contributed by atoms with van der Waals surface area (Å²) in [5.74, 6) is -10.5. The first kappa shape index (κ1) is 19.6. The van der Waals surface area contributed by atoms with Crippen LogP contribution in [0.5, 0.6) is 0 Å². The molecule has 0 saturated heterocycles. The molecule has 24 heavy (non-hydrogen) atoms. The standard InChI is InChI=1S/C15H15F4NO4/c1-3-24-15(23)9(5-20-7(2)6-21)14(22)8-4-10(16)12(18)13(19)11(8)17/h4-5,7,20-21H,3,6H2,1-2H3/t7-/m0/s1. The lowest BCUT2D eigenvalue weighted by molar-refractivity contribution is -0.138. The molecule has 0 aliphatic carbocycles. The van der Waals surface area contributed by atoms with Crippen molar-refractivity contribution in [2.45, 2.75) is 19.9 Å². The van der Waals surface area contributed by atoms with Gasteiger partial charge in [0.25, 0.3) is 0 Å². The molecular formula is C15H15F4NO4. The smallest absolute Gasteiger partial charge is 0.343 e. The summed E-state index contributed by atoms with van der Waals surface area (Å²) in [5, 5.41) is 11.4. The highest BCUT2D eigenvalue weighted by Crippen LogP contribution is 2.21. The Morgan fingerprint density at radius 2 is 1.88 bits per heavy atom. The minimum absolute atomic E-state index is 0.117. The van der Waals surface area contributed by atoms with Crippen LogP contribution in [0.25, 0.3) is 0 Å². The Morgan fingerprint density at radius 3 is 2.42 bits per heavy atom. The third-order valence-corrected chi connectivity index (χ3v) is 2.87. The third-order valence-electron chi connectivity index (χ3n) is 2.87. The molecule has 5 nitrogen and oxygen atoms in total. The summed E-state index contributed by atoms with van der Waals surface area (Å²) < 4.78 is 57.8. The Kier molecular flexibility index (Phi) is 6.90. The number of ketones is 1. The van der Waals surface area contributed by atoms with Crippen molar-refractivity contribution < 1.29 is 37.0 Å². The highest BCUT2D eigenvalue weighted by Gasteiger charge is 2.28. The van der Waals surface area contributed by atoms with Gasteiger partial charge < -0.3 is 15.2 Å². The molecule has 1 aromatic rings. The fraction of sp³-hybridized carbons (Fsp3) is 0.333. The second-order valence-corrected chi connectivity index (χ2v) is 4.71. The summed E-state index contributed by atoms with van der Waals surface area (Å²) in [7, 11) is 0. The van der Waals surface area contributed by atoms with Crippen LogP contribution in [0, 0.1) is 23.3 Å². The maximum atomic E-state index is 13.7. The fourth-order valence-corrected chi connectivity index (χ4v) is 1.59. The van der Waals surface area contributed by atoms with Crippen LogP contribution in [0.1, 0.15) is 24.2 Å². The van der Waals surface area contributed by atoms with E-state index in [9.17, 15) is 27.2 Å². The van der Waals surface area contributed by atoms with Gasteiger partial charge in [-0.25, -0.2) is 22.4 Å². The lowest BCUT2D eigenvalue weighted by atomic mass is 10.0. The molecular weight excluding hydrogens is 334 g/mol. The maximum absolute atomic E-state index is 13.7. The number of carbonyl (C=O) groups excluding carboxylic acids is 2. The number of carbonyl (C=O) groups is 2. The van der Waals surface area contributed by atoms with Gasteiger partial charge >= 0.3 is 5.97 Å². The molecule has 0 fully saturated rings. The quantitative estimate of drug-likeness (QED) is 0.115. The Balaban J connectivity index is 3.33. The molecule has 132 valence electrons. The largest absolute Gasteiger partial charge is 0.462 e. The van der Waals surface area contributed by atoms with Crippen molar-refractivity contribution in [3.05, 3.63) is 46.7 Å². The zero-order chi connectivity index (χ0) is 18.4. The maximum Gasteiger partial charge on any atom is 0.343 e. The molecule has 0 spiro atoms. The third kappa shape index (κ3) is 4.31. The topological polar surface area (TPSA) is 75.6 Å². The number of nitrogens with one attached hydrogen (secondary N) is 1. The molecule has 1 aromatic carbocycles. The van der Waals surface area contributed by atoms with Crippen molar-refractivity contribution in [2.24, 2.45) is 0 Å². The van der Waals surface area contributed by atoms with Gasteiger partial charge in [0.2, 0.25) is 5.78 Å². The van der Waals surface area contributed by atoms with Gasteiger partial charge in [-0.3, -0.25) is 4.79 Å². The molecule has 0 aromatic heterocycles. The van der Waals surface area contributed by atoms with Crippen molar-refractivity contribution in [3.8, 4) is 0 Å². The highest BCUT2D eigenvalue weighted by molar-refractivity contribution is 6.24. The van der Waals surface area contributed by atoms with Gasteiger partial charge in [-0.1, -0.05) is 0 Å². The van der Waals surface area contributed by atoms with Crippen LogP contribution in [-0.2, 0) is 9.53 Å². The lowest BCUT2D eigenvalue weighted by Crippen LogP contribution is -2.28. The van der Waals surface area contributed by atoms with Gasteiger partial charge in [0, 0.05) is 12.2 Å². The molecule has 9 heteroatoms. The summed E-state index contributed by atoms with van der Waals surface area (Å²) in [6.07, 6.45) is 0.833. The molecule has 0 aliphatic heterocycles. The Bertz CT molecular complexity index is 676. The Morgan fingerprint density at radius 1 is 1.25 bits per heavy atom. The summed E-state index contributed by atoms with van der Waals surface area (Å²) >= 11 is 0. The van der Waals surface area contributed by atoms with E-state index in [4.69, 9.17) is 5.11 Å². The predicted octanol–water partition coefficient (Wildman–Crippen LogP) is 1.84. The van der Waals surface area contributed by atoms with E-state index in [2.05, 4.69) is 10.1 Å². The van der Waals surface area contributed by atoms with E-state index in [0.717, 1.165) is 6.20 Å². The number of Topliss-reactive ketones (excluding diaryl/α,β-unsaturated/α-hetero) is 1. The number of aliphatic hydroxyl groups excluding tert-OH is 1. The van der Waals surface area contributed by atoms with E-state index >= 15 is 0 Å². The van der Waals surface area contributed by atoms with Crippen LogP contribution in [0.2, 0.25) is 0 Å². The lowest BCUT2D eigenvalue weighted by Gasteiger charge is -2.11. The molecule has 1 atom stereocenters. The van der Waals surface area contributed by atoms with Crippen LogP contribution in [-0.4, -0.2) is 36.1 Å². The summed E-state index contributed by atoms with van der Waals surface area (Å²) in [5.41, 5.74) is -1.93. The van der Waals surface area contributed by atoms with Gasteiger partial charge in [0.05, 0.1) is 18.8 Å². The second-order valence-electron chi connectivity index (χ2n) is 4.71. The predicted molar refractivity (Wildman–Crippen MR) is 75.0 cm³/mol. The number of hydrogen-bond donors (Lipinski definition) is 2. The molecule has 0 radical (unpaired) electrons. The molecule has 0 aliphatic rings. The first-order valence-corrected chi connectivity index (χ1v) is 6.86. The van der Waals surface area contributed by atoms with Crippen LogP contribution in [0.3, 0.4) is 0 Å². The molecule has 0 unspecified atom stereocenters. The molecule has 1 rings (SSSR count). The van der Waals surface area contributed by atoms with E-state index in [1.807, 2.05) is 0 Å². The monoisotopic (exact) mass is 349 g/mol. The first-order chi connectivity index (χ1) is 11.2. The highest BCUT2D eigenvalue weighted by atomic mass is 19.2. The molecule has 2 N–H and O–H groups in total. The van der Waals surface area contributed by atoms with Crippen molar-refractivity contribution in [1.82, 2.24) is 5.32 Å². The van der Waals surface area contributed by atoms with Gasteiger partial charge in [0.1, 0.15) is 5.57 Å². The zero-order valence-corrected chi connectivity index (χ0v) is 12.8. The first-order valence-electron chi connectivity index (χ1n) is 6.86. The number of halogens is 4. The second kappa shape index (κ2) is 8.44. The normalized spacial score (nSPS) is 12.7. The fourth-order valence-electron chi connectivity index (χ4n) is 1.59. The van der Waals surface area contributed by atoms with E-state index < -0.39 is 52.2 Å². The number of esters is 1. The number of rotatable bonds is 7. The molecule has 0 heterocycles. The number of benzene rings is 1. The molecule has 0 bridgehead atoms. The van der Waals surface area contributed by atoms with E-state index in [1.165, 1.54) is 13.8 Å². The SMILES string of the molecule is CCOC(=O)C(=CN[C@@H](C)CO)C(=O)c1cc(F)c(F)c(F)c1F. The minimum Gasteiger partial charge on any atom is -0.462 e. The van der Waals surface area contributed by atoms with Gasteiger partial charge in [-0.05, 0) is 19.9 Å². The van der Waals surface area contributed by atoms with Gasteiger partial charge in [-0.2, -0.15) is 0 Å².